The van der Waals surface area contributed by atoms with Crippen molar-refractivity contribution >= 4 is 5.96 Å². The minimum absolute atomic E-state index is 0.0380. The maximum absolute atomic E-state index is 5.92. The van der Waals surface area contributed by atoms with E-state index in [2.05, 4.69) is 28.6 Å². The molecule has 1 aromatic carbocycles. The van der Waals surface area contributed by atoms with Crippen LogP contribution in [-0.4, -0.2) is 44.4 Å². The van der Waals surface area contributed by atoms with Gasteiger partial charge in [-0.15, -0.1) is 0 Å². The van der Waals surface area contributed by atoms with Crippen LogP contribution in [0.3, 0.4) is 0 Å². The van der Waals surface area contributed by atoms with Crippen molar-refractivity contribution < 1.29 is 9.47 Å². The molecule has 0 aliphatic rings. The largest absolute Gasteiger partial charge is 0.489 e. The van der Waals surface area contributed by atoms with E-state index in [4.69, 9.17) is 9.47 Å². The molecule has 1 atom stereocenters. The molecule has 0 saturated carbocycles. The van der Waals surface area contributed by atoms with E-state index in [1.807, 2.05) is 45.9 Å². The number of rotatable bonds is 8. The highest BCUT2D eigenvalue weighted by Crippen LogP contribution is 2.13. The van der Waals surface area contributed by atoms with Gasteiger partial charge < -0.3 is 20.1 Å². The van der Waals surface area contributed by atoms with E-state index >= 15 is 0 Å². The first-order valence-corrected chi connectivity index (χ1v) is 8.17. The predicted molar refractivity (Wildman–Crippen MR) is 96.3 cm³/mol. The number of nitrogens with zero attached hydrogens (tertiary/aromatic N) is 1. The van der Waals surface area contributed by atoms with Gasteiger partial charge in [0.1, 0.15) is 11.9 Å². The van der Waals surface area contributed by atoms with Gasteiger partial charge in [0.05, 0.1) is 18.7 Å². The van der Waals surface area contributed by atoms with Crippen molar-refractivity contribution in [2.75, 3.05) is 26.7 Å². The Balaban J connectivity index is 2.52. The Hall–Kier alpha value is -1.75. The molecule has 0 heterocycles. The predicted octanol–water partition coefficient (Wildman–Crippen LogP) is 2.74. The van der Waals surface area contributed by atoms with E-state index in [-0.39, 0.29) is 11.7 Å². The van der Waals surface area contributed by atoms with Crippen LogP contribution in [0.15, 0.2) is 29.3 Å². The molecule has 0 bridgehead atoms. The lowest BCUT2D eigenvalue weighted by molar-refractivity contribution is 0.0310. The fraction of sp³-hybridized carbons (Fsp3) is 0.611. The zero-order valence-electron chi connectivity index (χ0n) is 15.3. The fourth-order valence-corrected chi connectivity index (χ4v) is 1.88. The third kappa shape index (κ3) is 7.88. The molecular formula is C18H31N3O2. The third-order valence-electron chi connectivity index (χ3n) is 3.40. The smallest absolute Gasteiger partial charge is 0.191 e. The molecule has 1 unspecified atom stereocenters. The fourth-order valence-electron chi connectivity index (χ4n) is 1.88. The maximum atomic E-state index is 5.92. The van der Waals surface area contributed by atoms with Gasteiger partial charge in [0, 0.05) is 13.7 Å². The van der Waals surface area contributed by atoms with Gasteiger partial charge in [-0.1, -0.05) is 12.1 Å². The Morgan fingerprint density at radius 2 is 2.04 bits per heavy atom. The summed E-state index contributed by atoms with van der Waals surface area (Å²) in [5.41, 5.74) is 0.922. The first kappa shape index (κ1) is 19.3. The van der Waals surface area contributed by atoms with Crippen molar-refractivity contribution in [2.24, 2.45) is 4.99 Å². The zero-order chi connectivity index (χ0) is 17.3. The second-order valence-corrected chi connectivity index (χ2v) is 6.28. The molecular weight excluding hydrogens is 290 g/mol. The molecule has 0 aliphatic heterocycles. The van der Waals surface area contributed by atoms with E-state index in [1.165, 1.54) is 5.56 Å². The van der Waals surface area contributed by atoms with E-state index in [1.54, 1.807) is 7.11 Å². The van der Waals surface area contributed by atoms with Crippen molar-refractivity contribution in [1.82, 2.24) is 10.6 Å². The zero-order valence-corrected chi connectivity index (χ0v) is 15.3. The SMILES string of the molecule is CCNC(=NCC(C)(C)OC)NCC(C)Oc1cccc(C)c1. The van der Waals surface area contributed by atoms with Crippen molar-refractivity contribution in [1.29, 1.82) is 0 Å². The first-order valence-electron chi connectivity index (χ1n) is 8.17. The Labute approximate surface area is 140 Å². The lowest BCUT2D eigenvalue weighted by atomic mass is 10.1. The van der Waals surface area contributed by atoms with Gasteiger partial charge in [-0.2, -0.15) is 0 Å². The number of guanidine groups is 1. The number of aryl methyl sites for hydroxylation is 1. The molecule has 0 aromatic heterocycles. The van der Waals surface area contributed by atoms with E-state index in [9.17, 15) is 0 Å². The second-order valence-electron chi connectivity index (χ2n) is 6.28. The molecule has 1 rings (SSSR count). The summed E-state index contributed by atoms with van der Waals surface area (Å²) in [6, 6.07) is 8.08. The Morgan fingerprint density at radius 1 is 1.30 bits per heavy atom. The third-order valence-corrected chi connectivity index (χ3v) is 3.40. The lowest BCUT2D eigenvalue weighted by Gasteiger charge is -2.22. The number of hydrogen-bond donors (Lipinski definition) is 2. The van der Waals surface area contributed by atoms with Crippen LogP contribution in [0.1, 0.15) is 33.3 Å². The summed E-state index contributed by atoms with van der Waals surface area (Å²) in [4.78, 5) is 4.56. The topological polar surface area (TPSA) is 54.9 Å². The minimum atomic E-state index is -0.272. The highest BCUT2D eigenvalue weighted by Gasteiger charge is 2.16. The molecule has 0 aliphatic carbocycles. The number of ether oxygens (including phenoxy) is 2. The molecule has 23 heavy (non-hydrogen) atoms. The van der Waals surface area contributed by atoms with Crippen molar-refractivity contribution in [3.8, 4) is 5.75 Å². The number of methoxy groups -OCH3 is 1. The second kappa shape index (κ2) is 9.40. The number of hydrogen-bond acceptors (Lipinski definition) is 3. The summed E-state index contributed by atoms with van der Waals surface area (Å²) in [6.45, 7) is 12.3. The molecule has 1 aromatic rings. The van der Waals surface area contributed by atoms with Gasteiger partial charge in [0.25, 0.3) is 0 Å². The molecule has 130 valence electrons. The monoisotopic (exact) mass is 321 g/mol. The molecule has 2 N–H and O–H groups in total. The number of nitrogens with one attached hydrogen (secondary N) is 2. The summed E-state index contributed by atoms with van der Waals surface area (Å²) in [5, 5.41) is 6.55. The molecule has 0 saturated heterocycles. The van der Waals surface area contributed by atoms with Crippen LogP contribution in [0.25, 0.3) is 0 Å². The van der Waals surface area contributed by atoms with Crippen LogP contribution in [0.2, 0.25) is 0 Å². The van der Waals surface area contributed by atoms with Crippen molar-refractivity contribution in [2.45, 2.75) is 46.3 Å². The summed E-state index contributed by atoms with van der Waals surface area (Å²) >= 11 is 0. The molecule has 0 fully saturated rings. The summed E-state index contributed by atoms with van der Waals surface area (Å²) < 4.78 is 11.3. The van der Waals surface area contributed by atoms with E-state index in [0.29, 0.717) is 13.1 Å². The van der Waals surface area contributed by atoms with E-state index < -0.39 is 0 Å². The van der Waals surface area contributed by atoms with Gasteiger partial charge in [-0.25, -0.2) is 0 Å². The maximum Gasteiger partial charge on any atom is 0.191 e. The van der Waals surface area contributed by atoms with Crippen LogP contribution in [0.4, 0.5) is 0 Å². The van der Waals surface area contributed by atoms with Gasteiger partial charge in [0.15, 0.2) is 5.96 Å². The average Bonchev–Trinajstić information content (AvgIpc) is 2.50. The van der Waals surface area contributed by atoms with Crippen molar-refractivity contribution in [3.63, 3.8) is 0 Å². The first-order chi connectivity index (χ1) is 10.9. The molecule has 0 radical (unpaired) electrons. The molecule has 0 spiro atoms. The number of benzene rings is 1. The highest BCUT2D eigenvalue weighted by molar-refractivity contribution is 5.79. The van der Waals surface area contributed by atoms with Gasteiger partial charge in [0.2, 0.25) is 0 Å². The normalized spacial score (nSPS) is 13.6. The lowest BCUT2D eigenvalue weighted by Crippen LogP contribution is -2.42. The summed E-state index contributed by atoms with van der Waals surface area (Å²) in [6.07, 6.45) is 0.0380. The minimum Gasteiger partial charge on any atom is -0.489 e. The Morgan fingerprint density at radius 3 is 2.65 bits per heavy atom. The highest BCUT2D eigenvalue weighted by atomic mass is 16.5. The van der Waals surface area contributed by atoms with Crippen LogP contribution in [-0.2, 0) is 4.74 Å². The summed E-state index contributed by atoms with van der Waals surface area (Å²) in [5.74, 6) is 1.67. The van der Waals surface area contributed by atoms with E-state index in [0.717, 1.165) is 18.3 Å². The molecule has 5 nitrogen and oxygen atoms in total. The standard InChI is InChI=1S/C18H31N3O2/c1-7-19-17(21-13-18(4,5)22-6)20-12-15(3)23-16-10-8-9-14(2)11-16/h8-11,15H,7,12-13H2,1-6H3,(H2,19,20,21). The van der Waals surface area contributed by atoms with Crippen LogP contribution >= 0.6 is 0 Å². The number of aliphatic imine (C=N–C) groups is 1. The van der Waals surface area contributed by atoms with Crippen molar-refractivity contribution in [3.05, 3.63) is 29.8 Å². The van der Waals surface area contributed by atoms with Crippen LogP contribution < -0.4 is 15.4 Å². The summed E-state index contributed by atoms with van der Waals surface area (Å²) in [7, 11) is 1.70. The van der Waals surface area contributed by atoms with Crippen LogP contribution in [0.5, 0.6) is 5.75 Å². The Bertz CT molecular complexity index is 501. The van der Waals surface area contributed by atoms with Gasteiger partial charge in [-0.3, -0.25) is 4.99 Å². The molecule has 5 heteroatoms. The quantitative estimate of drug-likeness (QED) is 0.571. The van der Waals surface area contributed by atoms with Crippen LogP contribution in [0, 0.1) is 6.92 Å². The Kier molecular flexibility index (Phi) is 7.89. The molecule has 0 amide bonds. The van der Waals surface area contributed by atoms with Gasteiger partial charge >= 0.3 is 0 Å². The van der Waals surface area contributed by atoms with Gasteiger partial charge in [-0.05, 0) is 52.3 Å². The average molecular weight is 321 g/mol.